The quantitative estimate of drug-likeness (QED) is 0.246. The van der Waals surface area contributed by atoms with Crippen LogP contribution < -0.4 is 15.1 Å². The zero-order valence-electron chi connectivity index (χ0n) is 23.0. The molecule has 4 heterocycles. The van der Waals surface area contributed by atoms with E-state index < -0.39 is 0 Å². The van der Waals surface area contributed by atoms with Crippen LogP contribution in [0.3, 0.4) is 0 Å². The standard InChI is InChI=1S/C32H34ClN5OS/c1-20-13-16-36(17-14-20)27-12-11-23(19-25(27)33)38-31(30(35-32(38)40)26-8-6-7-15-34-26)24-18-21(2)37(22(24)3)28-9-4-5-10-29(28)39/h4-12,15,18-20,30-31,39H,13-14,16-17H2,1-3H3,(H,35,40). The highest BCUT2D eigenvalue weighted by molar-refractivity contribution is 7.80. The van der Waals surface area contributed by atoms with Gasteiger partial charge in [-0.15, -0.1) is 0 Å². The first kappa shape index (κ1) is 26.7. The van der Waals surface area contributed by atoms with E-state index >= 15 is 0 Å². The van der Waals surface area contributed by atoms with Gasteiger partial charge in [0.25, 0.3) is 0 Å². The predicted octanol–water partition coefficient (Wildman–Crippen LogP) is 7.26. The van der Waals surface area contributed by atoms with Crippen LogP contribution in [-0.2, 0) is 0 Å². The van der Waals surface area contributed by atoms with Gasteiger partial charge in [-0.3, -0.25) is 4.98 Å². The Morgan fingerprint density at radius 1 is 0.975 bits per heavy atom. The molecule has 0 amide bonds. The number of phenolic OH excluding ortho intramolecular Hbond substituents is 1. The molecular weight excluding hydrogens is 538 g/mol. The Morgan fingerprint density at radius 2 is 1.73 bits per heavy atom. The highest BCUT2D eigenvalue weighted by Gasteiger charge is 2.42. The van der Waals surface area contributed by atoms with E-state index in [1.807, 2.05) is 48.7 Å². The molecule has 206 valence electrons. The van der Waals surface area contributed by atoms with Crippen LogP contribution in [0, 0.1) is 19.8 Å². The van der Waals surface area contributed by atoms with Crippen molar-refractivity contribution in [2.24, 2.45) is 5.92 Å². The van der Waals surface area contributed by atoms with Gasteiger partial charge in [-0.05, 0) is 98.9 Å². The van der Waals surface area contributed by atoms with Crippen LogP contribution in [-0.4, -0.2) is 32.9 Å². The minimum atomic E-state index is -0.175. The number of phenols is 1. The maximum Gasteiger partial charge on any atom is 0.174 e. The average molecular weight is 572 g/mol. The molecule has 2 atom stereocenters. The molecule has 0 radical (unpaired) electrons. The van der Waals surface area contributed by atoms with Gasteiger partial charge in [0.05, 0.1) is 34.2 Å². The Morgan fingerprint density at radius 3 is 2.42 bits per heavy atom. The molecule has 0 aliphatic carbocycles. The van der Waals surface area contributed by atoms with E-state index in [9.17, 15) is 5.11 Å². The molecule has 2 aliphatic heterocycles. The normalized spacial score (nSPS) is 19.8. The lowest BCUT2D eigenvalue weighted by atomic mass is 9.96. The largest absolute Gasteiger partial charge is 0.506 e. The van der Waals surface area contributed by atoms with E-state index in [1.54, 1.807) is 6.07 Å². The molecule has 2 aromatic heterocycles. The second-order valence-corrected chi connectivity index (χ2v) is 11.7. The van der Waals surface area contributed by atoms with Crippen LogP contribution in [0.15, 0.2) is 72.9 Å². The van der Waals surface area contributed by atoms with Crippen LogP contribution in [0.1, 0.15) is 54.5 Å². The van der Waals surface area contributed by atoms with Crippen molar-refractivity contribution in [2.45, 2.75) is 45.7 Å². The Labute approximate surface area is 246 Å². The van der Waals surface area contributed by atoms with Crippen molar-refractivity contribution in [3.8, 4) is 11.4 Å². The van der Waals surface area contributed by atoms with E-state index in [-0.39, 0.29) is 17.8 Å². The van der Waals surface area contributed by atoms with E-state index in [0.717, 1.165) is 63.7 Å². The highest BCUT2D eigenvalue weighted by Crippen LogP contribution is 2.45. The minimum absolute atomic E-state index is 0.172. The number of para-hydroxylation sites is 2. The number of thiocarbonyl (C=S) groups is 1. The summed E-state index contributed by atoms with van der Waals surface area (Å²) in [5, 5.41) is 15.6. The lowest BCUT2D eigenvalue weighted by Crippen LogP contribution is -2.33. The summed E-state index contributed by atoms with van der Waals surface area (Å²) in [6.45, 7) is 8.52. The van der Waals surface area contributed by atoms with E-state index in [1.165, 1.54) is 12.8 Å². The molecular formula is C32H34ClN5OS. The lowest BCUT2D eigenvalue weighted by molar-refractivity contribution is 0.438. The van der Waals surface area contributed by atoms with Crippen molar-refractivity contribution in [1.29, 1.82) is 0 Å². The summed E-state index contributed by atoms with van der Waals surface area (Å²) in [7, 11) is 0. The number of anilines is 2. The van der Waals surface area contributed by atoms with Gasteiger partial charge in [-0.2, -0.15) is 0 Å². The zero-order valence-corrected chi connectivity index (χ0v) is 24.6. The summed E-state index contributed by atoms with van der Waals surface area (Å²) < 4.78 is 2.10. The summed E-state index contributed by atoms with van der Waals surface area (Å²) in [6, 6.07) is 21.5. The molecule has 2 unspecified atom stereocenters. The lowest BCUT2D eigenvalue weighted by Gasteiger charge is -2.33. The summed E-state index contributed by atoms with van der Waals surface area (Å²) in [6.07, 6.45) is 4.17. The minimum Gasteiger partial charge on any atom is -0.506 e. The number of nitrogens with one attached hydrogen (secondary N) is 1. The van der Waals surface area contributed by atoms with Gasteiger partial charge in [0.1, 0.15) is 5.75 Å². The molecule has 6 nitrogen and oxygen atoms in total. The van der Waals surface area contributed by atoms with Crippen molar-refractivity contribution >= 4 is 40.3 Å². The first-order valence-electron chi connectivity index (χ1n) is 13.9. The fraction of sp³-hybridized carbons (Fsp3) is 0.312. The Kier molecular flexibility index (Phi) is 7.19. The Balaban J connectivity index is 1.45. The van der Waals surface area contributed by atoms with Gasteiger partial charge < -0.3 is 24.8 Å². The third-order valence-corrected chi connectivity index (χ3v) is 8.96. The van der Waals surface area contributed by atoms with Crippen molar-refractivity contribution in [3.63, 3.8) is 0 Å². The van der Waals surface area contributed by atoms with Gasteiger partial charge >= 0.3 is 0 Å². The van der Waals surface area contributed by atoms with Gasteiger partial charge in [0, 0.05) is 36.4 Å². The number of hydrogen-bond donors (Lipinski definition) is 2. The first-order chi connectivity index (χ1) is 19.3. The van der Waals surface area contributed by atoms with E-state index in [4.69, 9.17) is 28.8 Å². The van der Waals surface area contributed by atoms with Gasteiger partial charge in [-0.1, -0.05) is 36.7 Å². The van der Waals surface area contributed by atoms with Gasteiger partial charge in [-0.25, -0.2) is 0 Å². The molecule has 40 heavy (non-hydrogen) atoms. The van der Waals surface area contributed by atoms with Crippen molar-refractivity contribution in [1.82, 2.24) is 14.9 Å². The molecule has 6 rings (SSSR count). The van der Waals surface area contributed by atoms with Crippen LogP contribution >= 0.6 is 23.8 Å². The van der Waals surface area contributed by atoms with Crippen molar-refractivity contribution in [3.05, 3.63) is 101 Å². The Hall–Kier alpha value is -3.55. The molecule has 2 aliphatic rings. The summed E-state index contributed by atoms with van der Waals surface area (Å²) in [4.78, 5) is 9.26. The average Bonchev–Trinajstić information content (AvgIpc) is 3.45. The summed E-state index contributed by atoms with van der Waals surface area (Å²) >= 11 is 12.9. The molecule has 8 heteroatoms. The SMILES string of the molecule is Cc1cc(C2C(c3ccccn3)NC(=S)N2c2ccc(N3CCC(C)CC3)c(Cl)c2)c(C)n1-c1ccccc1O. The first-order valence-corrected chi connectivity index (χ1v) is 14.6. The fourth-order valence-electron chi connectivity index (χ4n) is 6.21. The molecule has 0 saturated carbocycles. The number of halogens is 1. The van der Waals surface area contributed by atoms with Gasteiger partial charge in [0.2, 0.25) is 0 Å². The predicted molar refractivity (Wildman–Crippen MR) is 167 cm³/mol. The maximum atomic E-state index is 10.7. The molecule has 4 aromatic rings. The maximum absolute atomic E-state index is 10.7. The molecule has 2 N–H and O–H groups in total. The molecule has 2 fully saturated rings. The van der Waals surface area contributed by atoms with Crippen LogP contribution in [0.5, 0.6) is 5.75 Å². The van der Waals surface area contributed by atoms with Crippen LogP contribution in [0.25, 0.3) is 5.69 Å². The fourth-order valence-corrected chi connectivity index (χ4v) is 6.85. The second kappa shape index (κ2) is 10.8. The van der Waals surface area contributed by atoms with Gasteiger partial charge in [0.15, 0.2) is 5.11 Å². The Bertz CT molecular complexity index is 1550. The number of rotatable bonds is 5. The molecule has 0 bridgehead atoms. The molecule has 2 aromatic carbocycles. The summed E-state index contributed by atoms with van der Waals surface area (Å²) in [5.41, 5.74) is 6.84. The number of benzene rings is 2. The number of hydrogen-bond acceptors (Lipinski definition) is 4. The monoisotopic (exact) mass is 571 g/mol. The third kappa shape index (κ3) is 4.71. The number of aromatic nitrogens is 2. The van der Waals surface area contributed by atoms with E-state index in [0.29, 0.717) is 5.11 Å². The molecule has 0 spiro atoms. The second-order valence-electron chi connectivity index (χ2n) is 11.0. The number of pyridine rings is 1. The number of piperidine rings is 1. The van der Waals surface area contributed by atoms with Crippen LogP contribution in [0.4, 0.5) is 11.4 Å². The number of nitrogens with zero attached hydrogens (tertiary/aromatic N) is 4. The van der Waals surface area contributed by atoms with E-state index in [2.05, 4.69) is 58.7 Å². The number of aryl methyl sites for hydroxylation is 1. The highest BCUT2D eigenvalue weighted by atomic mass is 35.5. The van der Waals surface area contributed by atoms with Crippen molar-refractivity contribution < 1.29 is 5.11 Å². The number of aromatic hydroxyl groups is 1. The van der Waals surface area contributed by atoms with Crippen molar-refractivity contribution in [2.75, 3.05) is 22.9 Å². The summed E-state index contributed by atoms with van der Waals surface area (Å²) in [5.74, 6) is 0.993. The topological polar surface area (TPSA) is 56.6 Å². The smallest absolute Gasteiger partial charge is 0.174 e. The van der Waals surface area contributed by atoms with Crippen LogP contribution in [0.2, 0.25) is 5.02 Å². The third-order valence-electron chi connectivity index (χ3n) is 8.34. The molecule has 2 saturated heterocycles. The zero-order chi connectivity index (χ0) is 28.0.